The quantitative estimate of drug-likeness (QED) is 0.312. The van der Waals surface area contributed by atoms with Gasteiger partial charge in [-0.1, -0.05) is 0 Å². The van der Waals surface area contributed by atoms with Crippen molar-refractivity contribution in [3.63, 3.8) is 0 Å². The van der Waals surface area contributed by atoms with Crippen LogP contribution in [0.3, 0.4) is 0 Å². The molecule has 0 spiro atoms. The molecule has 0 saturated carbocycles. The maximum atomic E-state index is 8.51. The molecule has 0 saturated heterocycles. The predicted molar refractivity (Wildman–Crippen MR) is 68.6 cm³/mol. The molecule has 0 radical (unpaired) electrons. The molecule has 96 valence electrons. The zero-order valence-electron chi connectivity index (χ0n) is 9.32. The molecule has 0 aliphatic carbocycles. The van der Waals surface area contributed by atoms with Crippen LogP contribution >= 0.6 is 15.9 Å². The second kappa shape index (κ2) is 8.18. The molecule has 0 aromatic carbocycles. The zero-order valence-corrected chi connectivity index (χ0v) is 10.9. The van der Waals surface area contributed by atoms with Crippen LogP contribution in [0.25, 0.3) is 0 Å². The molecule has 1 aromatic heterocycles. The molecule has 1 aromatic rings. The van der Waals surface area contributed by atoms with E-state index in [1.54, 1.807) is 0 Å². The first-order valence-electron chi connectivity index (χ1n) is 5.19. The van der Waals surface area contributed by atoms with Gasteiger partial charge in [0.25, 0.3) is 0 Å². The predicted octanol–water partition coefficient (Wildman–Crippen LogP) is 0.336. The van der Waals surface area contributed by atoms with Gasteiger partial charge in [0.05, 0.1) is 13.2 Å². The Hall–Kier alpha value is -0.960. The number of nitrogens with one attached hydrogen (secondary N) is 2. The Morgan fingerprint density at radius 1 is 1.35 bits per heavy atom. The standard InChI is InChI=1S/C9H16BrN5O2/c10-7-8(13-6-14-9(7)15-11)12-2-1-4-17-5-3-16/h6,16H,1-5,11H2,(H2,12,13,14,15). The fraction of sp³-hybridized carbons (Fsp3) is 0.556. The highest BCUT2D eigenvalue weighted by atomic mass is 79.9. The number of hydrogen-bond donors (Lipinski definition) is 4. The van der Waals surface area contributed by atoms with Crippen LogP contribution in [-0.2, 0) is 4.74 Å². The number of aliphatic hydroxyl groups is 1. The molecular formula is C9H16BrN5O2. The van der Waals surface area contributed by atoms with E-state index < -0.39 is 0 Å². The summed E-state index contributed by atoms with van der Waals surface area (Å²) in [6.45, 7) is 1.73. The highest BCUT2D eigenvalue weighted by molar-refractivity contribution is 9.10. The van der Waals surface area contributed by atoms with E-state index in [4.69, 9.17) is 15.7 Å². The third-order valence-electron chi connectivity index (χ3n) is 1.92. The van der Waals surface area contributed by atoms with E-state index in [9.17, 15) is 0 Å². The molecule has 0 unspecified atom stereocenters. The van der Waals surface area contributed by atoms with Crippen molar-refractivity contribution in [1.29, 1.82) is 0 Å². The molecule has 1 rings (SSSR count). The van der Waals surface area contributed by atoms with Gasteiger partial charge in [0, 0.05) is 13.2 Å². The van der Waals surface area contributed by atoms with E-state index in [0.717, 1.165) is 6.42 Å². The average molecular weight is 306 g/mol. The van der Waals surface area contributed by atoms with Crippen LogP contribution in [0, 0.1) is 0 Å². The molecule has 5 N–H and O–H groups in total. The molecule has 0 fully saturated rings. The summed E-state index contributed by atoms with van der Waals surface area (Å²) in [7, 11) is 0. The number of halogens is 1. The SMILES string of the molecule is NNc1ncnc(NCCCOCCO)c1Br. The number of nitrogen functional groups attached to an aromatic ring is 1. The summed E-state index contributed by atoms with van der Waals surface area (Å²) in [5.41, 5.74) is 2.46. The zero-order chi connectivity index (χ0) is 12.5. The van der Waals surface area contributed by atoms with Gasteiger partial charge in [-0.25, -0.2) is 15.8 Å². The first kappa shape index (κ1) is 14.1. The Kier molecular flexibility index (Phi) is 6.78. The maximum absolute atomic E-state index is 8.51. The summed E-state index contributed by atoms with van der Waals surface area (Å²) < 4.78 is 5.82. The summed E-state index contributed by atoms with van der Waals surface area (Å²) in [6, 6.07) is 0. The molecule has 8 heteroatoms. The molecule has 0 aliphatic rings. The second-order valence-corrected chi connectivity index (χ2v) is 3.94. The number of nitrogens with zero attached hydrogens (tertiary/aromatic N) is 2. The number of aliphatic hydroxyl groups excluding tert-OH is 1. The number of hydrogen-bond acceptors (Lipinski definition) is 7. The van der Waals surface area contributed by atoms with Crippen molar-refractivity contribution >= 4 is 27.6 Å². The van der Waals surface area contributed by atoms with Gasteiger partial charge in [-0.2, -0.15) is 0 Å². The van der Waals surface area contributed by atoms with E-state index in [-0.39, 0.29) is 6.61 Å². The Morgan fingerprint density at radius 3 is 2.82 bits per heavy atom. The van der Waals surface area contributed by atoms with Crippen molar-refractivity contribution in [2.24, 2.45) is 5.84 Å². The van der Waals surface area contributed by atoms with E-state index in [1.807, 2.05) is 0 Å². The Labute approximate surface area is 108 Å². The Balaban J connectivity index is 2.31. The van der Waals surface area contributed by atoms with Crippen LogP contribution in [0.4, 0.5) is 11.6 Å². The van der Waals surface area contributed by atoms with Crippen molar-refractivity contribution in [3.8, 4) is 0 Å². The van der Waals surface area contributed by atoms with E-state index in [1.165, 1.54) is 6.33 Å². The van der Waals surface area contributed by atoms with Crippen molar-refractivity contribution < 1.29 is 9.84 Å². The van der Waals surface area contributed by atoms with E-state index in [0.29, 0.717) is 35.9 Å². The highest BCUT2D eigenvalue weighted by Gasteiger charge is 2.06. The van der Waals surface area contributed by atoms with Crippen LogP contribution in [0.15, 0.2) is 10.8 Å². The van der Waals surface area contributed by atoms with Gasteiger partial charge in [-0.3, -0.25) is 0 Å². The van der Waals surface area contributed by atoms with Gasteiger partial charge >= 0.3 is 0 Å². The number of ether oxygens (including phenoxy) is 1. The highest BCUT2D eigenvalue weighted by Crippen LogP contribution is 2.25. The summed E-state index contributed by atoms with van der Waals surface area (Å²) in [4.78, 5) is 8.01. The normalized spacial score (nSPS) is 10.3. The number of hydrazine groups is 1. The van der Waals surface area contributed by atoms with E-state index >= 15 is 0 Å². The lowest BCUT2D eigenvalue weighted by molar-refractivity contribution is 0.0922. The molecule has 1 heterocycles. The van der Waals surface area contributed by atoms with Crippen molar-refractivity contribution in [2.45, 2.75) is 6.42 Å². The van der Waals surface area contributed by atoms with Crippen LogP contribution in [0.5, 0.6) is 0 Å². The molecular weight excluding hydrogens is 290 g/mol. The van der Waals surface area contributed by atoms with Crippen molar-refractivity contribution in [3.05, 3.63) is 10.8 Å². The number of anilines is 2. The third kappa shape index (κ3) is 4.82. The van der Waals surface area contributed by atoms with Gasteiger partial charge < -0.3 is 20.6 Å². The molecule has 7 nitrogen and oxygen atoms in total. The molecule has 0 atom stereocenters. The lowest BCUT2D eigenvalue weighted by Crippen LogP contribution is -2.12. The summed E-state index contributed by atoms with van der Waals surface area (Å²) in [5.74, 6) is 6.49. The van der Waals surface area contributed by atoms with Gasteiger partial charge in [0.2, 0.25) is 0 Å². The maximum Gasteiger partial charge on any atom is 0.159 e. The number of aromatic nitrogens is 2. The fourth-order valence-corrected chi connectivity index (χ4v) is 1.60. The van der Waals surface area contributed by atoms with Crippen LogP contribution in [0.2, 0.25) is 0 Å². The lowest BCUT2D eigenvalue weighted by atomic mass is 10.4. The van der Waals surface area contributed by atoms with Crippen LogP contribution < -0.4 is 16.6 Å². The van der Waals surface area contributed by atoms with Gasteiger partial charge in [0.15, 0.2) is 5.82 Å². The second-order valence-electron chi connectivity index (χ2n) is 3.15. The van der Waals surface area contributed by atoms with Gasteiger partial charge in [0.1, 0.15) is 16.6 Å². The van der Waals surface area contributed by atoms with Crippen molar-refractivity contribution in [1.82, 2.24) is 9.97 Å². The minimum atomic E-state index is 0.0520. The fourth-order valence-electron chi connectivity index (χ4n) is 1.14. The Bertz CT molecular complexity index is 339. The van der Waals surface area contributed by atoms with Crippen molar-refractivity contribution in [2.75, 3.05) is 37.1 Å². The summed E-state index contributed by atoms with van der Waals surface area (Å²) >= 11 is 3.34. The summed E-state index contributed by atoms with van der Waals surface area (Å²) in [6.07, 6.45) is 2.24. The van der Waals surface area contributed by atoms with E-state index in [2.05, 4.69) is 36.6 Å². The monoisotopic (exact) mass is 305 g/mol. The molecule has 17 heavy (non-hydrogen) atoms. The number of rotatable bonds is 8. The first-order chi connectivity index (χ1) is 8.29. The smallest absolute Gasteiger partial charge is 0.159 e. The minimum absolute atomic E-state index is 0.0520. The first-order valence-corrected chi connectivity index (χ1v) is 5.98. The summed E-state index contributed by atoms with van der Waals surface area (Å²) in [5, 5.41) is 11.6. The minimum Gasteiger partial charge on any atom is -0.394 e. The third-order valence-corrected chi connectivity index (χ3v) is 2.67. The average Bonchev–Trinajstić information content (AvgIpc) is 2.35. The van der Waals surface area contributed by atoms with Crippen LogP contribution in [-0.4, -0.2) is 41.4 Å². The number of nitrogens with two attached hydrogens (primary N) is 1. The van der Waals surface area contributed by atoms with Crippen LogP contribution in [0.1, 0.15) is 6.42 Å². The largest absolute Gasteiger partial charge is 0.394 e. The lowest BCUT2D eigenvalue weighted by Gasteiger charge is -2.09. The molecule has 0 bridgehead atoms. The molecule has 0 amide bonds. The molecule has 0 aliphatic heterocycles. The van der Waals surface area contributed by atoms with Gasteiger partial charge in [-0.05, 0) is 22.4 Å². The van der Waals surface area contributed by atoms with Gasteiger partial charge in [-0.15, -0.1) is 0 Å². The topological polar surface area (TPSA) is 105 Å². The Morgan fingerprint density at radius 2 is 2.12 bits per heavy atom.